The second kappa shape index (κ2) is 8.16. The molecule has 4 aromatic rings. The van der Waals surface area contributed by atoms with Crippen molar-refractivity contribution in [2.45, 2.75) is 13.5 Å². The van der Waals surface area contributed by atoms with Gasteiger partial charge in [0, 0.05) is 29.4 Å². The zero-order chi connectivity index (χ0) is 21.1. The summed E-state index contributed by atoms with van der Waals surface area (Å²) >= 11 is 0. The Labute approximate surface area is 171 Å². The molecule has 2 aromatic heterocycles. The van der Waals surface area contributed by atoms with Crippen LogP contribution in [0.15, 0.2) is 71.3 Å². The average Bonchev–Trinajstić information content (AvgIpc) is 3.26. The maximum atomic E-state index is 13.5. The minimum Gasteiger partial charge on any atom is -0.459 e. The van der Waals surface area contributed by atoms with Crippen LogP contribution in [0.2, 0.25) is 0 Å². The van der Waals surface area contributed by atoms with Crippen LogP contribution in [0.4, 0.5) is 10.1 Å². The van der Waals surface area contributed by atoms with E-state index in [1.54, 1.807) is 49.4 Å². The lowest BCUT2D eigenvalue weighted by atomic mass is 10.1. The molecule has 2 N–H and O–H groups in total. The van der Waals surface area contributed by atoms with Crippen molar-refractivity contribution in [3.8, 4) is 0 Å². The van der Waals surface area contributed by atoms with E-state index in [0.29, 0.717) is 27.8 Å². The van der Waals surface area contributed by atoms with Gasteiger partial charge in [0.1, 0.15) is 5.82 Å². The molecule has 0 saturated carbocycles. The van der Waals surface area contributed by atoms with Crippen molar-refractivity contribution in [3.63, 3.8) is 0 Å². The van der Waals surface area contributed by atoms with Gasteiger partial charge in [-0.25, -0.2) is 4.39 Å². The first kappa shape index (κ1) is 19.3. The largest absolute Gasteiger partial charge is 0.459 e. The molecular weight excluding hydrogens is 385 g/mol. The molecule has 0 aliphatic carbocycles. The Hall–Kier alpha value is -4.00. The first-order chi connectivity index (χ1) is 14.5. The summed E-state index contributed by atoms with van der Waals surface area (Å²) in [4.78, 5) is 29.2. The van der Waals surface area contributed by atoms with E-state index in [1.807, 2.05) is 6.07 Å². The van der Waals surface area contributed by atoms with Gasteiger partial charge >= 0.3 is 0 Å². The number of nitrogens with zero attached hydrogens (tertiary/aromatic N) is 1. The highest BCUT2D eigenvalue weighted by molar-refractivity contribution is 6.06. The molecule has 30 heavy (non-hydrogen) atoms. The van der Waals surface area contributed by atoms with Crippen LogP contribution in [0.1, 0.15) is 32.2 Å². The van der Waals surface area contributed by atoms with Gasteiger partial charge in [0.2, 0.25) is 0 Å². The number of hydrogen-bond acceptors (Lipinski definition) is 4. The molecule has 0 radical (unpaired) electrons. The van der Waals surface area contributed by atoms with Crippen LogP contribution in [-0.4, -0.2) is 16.8 Å². The molecule has 0 spiro atoms. The maximum absolute atomic E-state index is 13.5. The highest BCUT2D eigenvalue weighted by Crippen LogP contribution is 2.20. The van der Waals surface area contributed by atoms with Crippen LogP contribution in [-0.2, 0) is 6.54 Å². The third-order valence-corrected chi connectivity index (χ3v) is 4.53. The lowest BCUT2D eigenvalue weighted by Crippen LogP contribution is -2.23. The van der Waals surface area contributed by atoms with Crippen LogP contribution in [0.3, 0.4) is 0 Å². The van der Waals surface area contributed by atoms with E-state index < -0.39 is 5.82 Å². The second-order valence-electron chi connectivity index (χ2n) is 6.79. The van der Waals surface area contributed by atoms with Crippen molar-refractivity contribution in [2.75, 3.05) is 5.32 Å². The fourth-order valence-electron chi connectivity index (χ4n) is 3.16. The fourth-order valence-corrected chi connectivity index (χ4v) is 3.16. The predicted molar refractivity (Wildman–Crippen MR) is 111 cm³/mol. The quantitative estimate of drug-likeness (QED) is 0.515. The lowest BCUT2D eigenvalue weighted by Gasteiger charge is -2.10. The van der Waals surface area contributed by atoms with Gasteiger partial charge in [-0.15, -0.1) is 0 Å². The molecule has 0 fully saturated rings. The Kier molecular flexibility index (Phi) is 5.26. The zero-order valence-corrected chi connectivity index (χ0v) is 16.1. The third kappa shape index (κ3) is 4.20. The van der Waals surface area contributed by atoms with Gasteiger partial charge in [-0.05, 0) is 55.0 Å². The number of nitrogens with one attached hydrogen (secondary N) is 2. The van der Waals surface area contributed by atoms with Gasteiger partial charge in [-0.3, -0.25) is 14.6 Å². The number of hydrogen-bond donors (Lipinski definition) is 2. The zero-order valence-electron chi connectivity index (χ0n) is 16.1. The number of rotatable bonds is 5. The smallest absolute Gasteiger partial charge is 0.291 e. The highest BCUT2D eigenvalue weighted by Gasteiger charge is 2.13. The van der Waals surface area contributed by atoms with Crippen molar-refractivity contribution >= 4 is 28.4 Å². The first-order valence-electron chi connectivity index (χ1n) is 9.28. The molecule has 0 unspecified atom stereocenters. The molecule has 7 heteroatoms. The van der Waals surface area contributed by atoms with Gasteiger partial charge < -0.3 is 15.1 Å². The molecule has 0 bridgehead atoms. The van der Waals surface area contributed by atoms with Crippen LogP contribution in [0.25, 0.3) is 10.9 Å². The van der Waals surface area contributed by atoms with Crippen molar-refractivity contribution in [1.29, 1.82) is 0 Å². The van der Waals surface area contributed by atoms with Gasteiger partial charge in [0.15, 0.2) is 5.76 Å². The summed E-state index contributed by atoms with van der Waals surface area (Å²) in [5.74, 6) is -0.834. The van der Waals surface area contributed by atoms with Crippen molar-refractivity contribution in [2.24, 2.45) is 0 Å². The number of carbonyl (C=O) groups excluding carboxylic acids is 2. The van der Waals surface area contributed by atoms with E-state index in [4.69, 9.17) is 4.42 Å². The molecule has 0 aliphatic rings. The molecule has 0 aliphatic heterocycles. The van der Waals surface area contributed by atoms with E-state index in [1.165, 1.54) is 18.4 Å². The van der Waals surface area contributed by atoms with E-state index >= 15 is 0 Å². The van der Waals surface area contributed by atoms with Crippen molar-refractivity contribution < 1.29 is 18.4 Å². The van der Waals surface area contributed by atoms with Crippen LogP contribution >= 0.6 is 0 Å². The Balaban J connectivity index is 1.48. The second-order valence-corrected chi connectivity index (χ2v) is 6.79. The van der Waals surface area contributed by atoms with Gasteiger partial charge in [0.25, 0.3) is 11.8 Å². The highest BCUT2D eigenvalue weighted by atomic mass is 19.1. The van der Waals surface area contributed by atoms with Crippen molar-refractivity contribution in [1.82, 2.24) is 10.3 Å². The number of fused-ring (bicyclic) bond motifs is 1. The minimum absolute atomic E-state index is 0.213. The summed E-state index contributed by atoms with van der Waals surface area (Å²) in [6.45, 7) is 2.01. The molecule has 0 saturated heterocycles. The fraction of sp³-hybridized carbons (Fsp3) is 0.0870. The van der Waals surface area contributed by atoms with E-state index in [0.717, 1.165) is 5.56 Å². The lowest BCUT2D eigenvalue weighted by molar-refractivity contribution is 0.0951. The summed E-state index contributed by atoms with van der Waals surface area (Å²) in [7, 11) is 0. The van der Waals surface area contributed by atoms with E-state index in [9.17, 15) is 14.0 Å². The molecular formula is C23H18FN3O3. The van der Waals surface area contributed by atoms with Gasteiger partial charge in [-0.1, -0.05) is 12.1 Å². The standard InChI is InChI=1S/C23H18FN3O3/c1-14-10-19(18-8-7-16(24)12-20(18)26-14)22(28)25-13-15-4-2-5-17(11-15)27-23(29)21-6-3-9-30-21/h2-12H,13H2,1H3,(H,25,28)(H,27,29). The molecule has 4 rings (SSSR count). The van der Waals surface area contributed by atoms with Gasteiger partial charge in [0.05, 0.1) is 17.3 Å². The number of aromatic nitrogens is 1. The summed E-state index contributed by atoms with van der Waals surface area (Å²) in [5.41, 5.74) is 2.88. The molecule has 2 heterocycles. The van der Waals surface area contributed by atoms with Crippen LogP contribution in [0, 0.1) is 12.7 Å². The summed E-state index contributed by atoms with van der Waals surface area (Å²) in [6, 6.07) is 16.2. The van der Waals surface area contributed by atoms with E-state index in [2.05, 4.69) is 15.6 Å². The number of furan rings is 1. The number of benzene rings is 2. The SMILES string of the molecule is Cc1cc(C(=O)NCc2cccc(NC(=O)c3ccco3)c2)c2ccc(F)cc2n1. The summed E-state index contributed by atoms with van der Waals surface area (Å²) < 4.78 is 18.6. The molecule has 2 aromatic carbocycles. The molecule has 0 atom stereocenters. The Morgan fingerprint density at radius 2 is 1.90 bits per heavy atom. The number of anilines is 1. The topological polar surface area (TPSA) is 84.2 Å². The average molecular weight is 403 g/mol. The van der Waals surface area contributed by atoms with Crippen LogP contribution < -0.4 is 10.6 Å². The summed E-state index contributed by atoms with van der Waals surface area (Å²) in [5, 5.41) is 6.20. The number of pyridine rings is 1. The number of amides is 2. The molecule has 6 nitrogen and oxygen atoms in total. The molecule has 150 valence electrons. The monoisotopic (exact) mass is 403 g/mol. The van der Waals surface area contributed by atoms with E-state index in [-0.39, 0.29) is 24.1 Å². The number of halogens is 1. The maximum Gasteiger partial charge on any atom is 0.291 e. The molecule has 2 amide bonds. The Morgan fingerprint density at radius 1 is 1.03 bits per heavy atom. The van der Waals surface area contributed by atoms with Gasteiger partial charge in [-0.2, -0.15) is 0 Å². The normalized spacial score (nSPS) is 10.7. The minimum atomic E-state index is -0.402. The van der Waals surface area contributed by atoms with Crippen molar-refractivity contribution in [3.05, 3.63) is 95.3 Å². The Bertz CT molecular complexity index is 1230. The van der Waals surface area contributed by atoms with Crippen LogP contribution in [0.5, 0.6) is 0 Å². The first-order valence-corrected chi connectivity index (χ1v) is 9.28. The predicted octanol–water partition coefficient (Wildman–Crippen LogP) is 4.46. The third-order valence-electron chi connectivity index (χ3n) is 4.53. The number of carbonyl (C=O) groups is 2. The Morgan fingerprint density at radius 3 is 2.70 bits per heavy atom. The number of aryl methyl sites for hydroxylation is 1. The summed E-state index contributed by atoms with van der Waals surface area (Å²) in [6.07, 6.45) is 1.43.